The molecule has 1 aliphatic rings. The zero-order chi connectivity index (χ0) is 17.9. The van der Waals surface area contributed by atoms with Gasteiger partial charge in [0.25, 0.3) is 5.91 Å². The lowest BCUT2D eigenvalue weighted by Gasteiger charge is -2.36. The van der Waals surface area contributed by atoms with Crippen LogP contribution in [0.25, 0.3) is 5.69 Å². The van der Waals surface area contributed by atoms with Gasteiger partial charge in [-0.25, -0.2) is 4.68 Å². The fourth-order valence-corrected chi connectivity index (χ4v) is 3.32. The molecule has 0 spiro atoms. The maximum absolute atomic E-state index is 13.0. The molecule has 1 aliphatic heterocycles. The van der Waals surface area contributed by atoms with Gasteiger partial charge in [-0.1, -0.05) is 0 Å². The maximum Gasteiger partial charge on any atom is 0.258 e. The summed E-state index contributed by atoms with van der Waals surface area (Å²) >= 11 is 0. The highest BCUT2D eigenvalue weighted by atomic mass is 16.5. The molecule has 2 aromatic rings. The number of ether oxygens (including phenoxy) is 1. The first-order chi connectivity index (χ1) is 12.1. The quantitative estimate of drug-likeness (QED) is 0.860. The highest BCUT2D eigenvalue weighted by Gasteiger charge is 2.49. The monoisotopic (exact) mass is 343 g/mol. The number of carbonyl (C=O) groups excluding carboxylic acids is 2. The number of nitrogens with one attached hydrogen (secondary N) is 1. The molecule has 1 atom stereocenters. The van der Waals surface area contributed by atoms with E-state index in [0.717, 1.165) is 12.1 Å². The standard InChI is InChI=1S/C17H21N5O3/c1-18-16(24)17(12-25-2)6-4-8-21(17)15(23)13-9-20-22(11-13)14-5-3-7-19-10-14/h3,5,7,9-11H,4,6,8,12H2,1-2H3,(H,18,24). The van der Waals surface area contributed by atoms with Crippen molar-refractivity contribution in [3.05, 3.63) is 42.5 Å². The van der Waals surface area contributed by atoms with Crippen LogP contribution in [0, 0.1) is 0 Å². The van der Waals surface area contributed by atoms with Gasteiger partial charge in [-0.15, -0.1) is 0 Å². The van der Waals surface area contributed by atoms with E-state index in [1.54, 1.807) is 41.3 Å². The summed E-state index contributed by atoms with van der Waals surface area (Å²) in [6.45, 7) is 0.669. The van der Waals surface area contributed by atoms with Crippen LogP contribution in [-0.4, -0.2) is 64.3 Å². The van der Waals surface area contributed by atoms with Crippen molar-refractivity contribution in [2.24, 2.45) is 0 Å². The molecule has 3 heterocycles. The number of likely N-dealkylation sites (tertiary alicyclic amines) is 1. The van der Waals surface area contributed by atoms with Crippen molar-refractivity contribution in [2.45, 2.75) is 18.4 Å². The molecule has 1 fully saturated rings. The van der Waals surface area contributed by atoms with E-state index in [9.17, 15) is 9.59 Å². The number of carbonyl (C=O) groups is 2. The summed E-state index contributed by atoms with van der Waals surface area (Å²) in [5, 5.41) is 6.89. The number of pyridine rings is 1. The average molecular weight is 343 g/mol. The van der Waals surface area contributed by atoms with Gasteiger partial charge in [-0.3, -0.25) is 14.6 Å². The number of hydrogen-bond acceptors (Lipinski definition) is 5. The van der Waals surface area contributed by atoms with Gasteiger partial charge in [0.1, 0.15) is 5.54 Å². The Morgan fingerprint density at radius 2 is 2.24 bits per heavy atom. The van der Waals surface area contributed by atoms with Crippen LogP contribution in [-0.2, 0) is 9.53 Å². The SMILES string of the molecule is CNC(=O)C1(COC)CCCN1C(=O)c1cnn(-c2cccnc2)c1. The summed E-state index contributed by atoms with van der Waals surface area (Å²) in [5.74, 6) is -0.437. The number of rotatable bonds is 5. The van der Waals surface area contributed by atoms with Crippen molar-refractivity contribution < 1.29 is 14.3 Å². The maximum atomic E-state index is 13.0. The van der Waals surface area contributed by atoms with Crippen LogP contribution in [0.4, 0.5) is 0 Å². The van der Waals surface area contributed by atoms with E-state index in [1.165, 1.54) is 13.3 Å². The zero-order valence-electron chi connectivity index (χ0n) is 14.3. The molecule has 0 saturated carbocycles. The fourth-order valence-electron chi connectivity index (χ4n) is 3.32. The van der Waals surface area contributed by atoms with Crippen LogP contribution >= 0.6 is 0 Å². The minimum Gasteiger partial charge on any atom is -0.382 e. The molecule has 3 rings (SSSR count). The third-order valence-electron chi connectivity index (χ3n) is 4.51. The summed E-state index contributed by atoms with van der Waals surface area (Å²) in [4.78, 5) is 31.2. The molecule has 1 saturated heterocycles. The van der Waals surface area contributed by atoms with E-state index >= 15 is 0 Å². The predicted octanol–water partition coefficient (Wildman–Crippen LogP) is 0.635. The average Bonchev–Trinajstić information content (AvgIpc) is 3.29. The molecule has 0 radical (unpaired) electrons. The second kappa shape index (κ2) is 7.02. The highest BCUT2D eigenvalue weighted by molar-refractivity contribution is 5.99. The molecule has 2 aromatic heterocycles. The van der Waals surface area contributed by atoms with Crippen LogP contribution in [0.1, 0.15) is 23.2 Å². The largest absolute Gasteiger partial charge is 0.382 e. The second-order valence-electron chi connectivity index (χ2n) is 5.99. The Morgan fingerprint density at radius 1 is 1.40 bits per heavy atom. The molecule has 1 N–H and O–H groups in total. The van der Waals surface area contributed by atoms with Gasteiger partial charge in [-0.05, 0) is 25.0 Å². The van der Waals surface area contributed by atoms with Crippen molar-refractivity contribution in [2.75, 3.05) is 27.3 Å². The lowest BCUT2D eigenvalue weighted by Crippen LogP contribution is -2.59. The summed E-state index contributed by atoms with van der Waals surface area (Å²) in [6.07, 6.45) is 7.82. The highest BCUT2D eigenvalue weighted by Crippen LogP contribution is 2.31. The molecule has 0 bridgehead atoms. The van der Waals surface area contributed by atoms with E-state index < -0.39 is 5.54 Å². The molecule has 8 heteroatoms. The molecule has 0 aromatic carbocycles. The lowest BCUT2D eigenvalue weighted by atomic mass is 9.95. The Morgan fingerprint density at radius 3 is 2.92 bits per heavy atom. The van der Waals surface area contributed by atoms with Gasteiger partial charge in [-0.2, -0.15) is 5.10 Å². The molecule has 1 unspecified atom stereocenters. The van der Waals surface area contributed by atoms with Crippen LogP contribution < -0.4 is 5.32 Å². The lowest BCUT2D eigenvalue weighted by molar-refractivity contribution is -0.133. The van der Waals surface area contributed by atoms with Crippen LogP contribution in [0.3, 0.4) is 0 Å². The van der Waals surface area contributed by atoms with Gasteiger partial charge >= 0.3 is 0 Å². The van der Waals surface area contributed by atoms with Crippen molar-refractivity contribution in [3.63, 3.8) is 0 Å². The molecule has 132 valence electrons. The number of nitrogens with zero attached hydrogens (tertiary/aromatic N) is 4. The van der Waals surface area contributed by atoms with Crippen molar-refractivity contribution in [1.82, 2.24) is 25.0 Å². The molecule has 8 nitrogen and oxygen atoms in total. The van der Waals surface area contributed by atoms with E-state index in [4.69, 9.17) is 4.74 Å². The van der Waals surface area contributed by atoms with E-state index in [-0.39, 0.29) is 18.4 Å². The molecule has 25 heavy (non-hydrogen) atoms. The van der Waals surface area contributed by atoms with Crippen molar-refractivity contribution in [3.8, 4) is 5.69 Å². The van der Waals surface area contributed by atoms with Gasteiger partial charge in [0.05, 0.1) is 30.3 Å². The third kappa shape index (κ3) is 3.00. The Labute approximate surface area is 145 Å². The van der Waals surface area contributed by atoms with Crippen molar-refractivity contribution >= 4 is 11.8 Å². The van der Waals surface area contributed by atoms with Gasteiger partial charge in [0.15, 0.2) is 0 Å². The number of methoxy groups -OCH3 is 1. The number of amides is 2. The minimum absolute atomic E-state index is 0.162. The normalized spacial score (nSPS) is 19.8. The van der Waals surface area contributed by atoms with Crippen LogP contribution in [0.15, 0.2) is 36.9 Å². The Bertz CT molecular complexity index is 761. The molecular weight excluding hydrogens is 322 g/mol. The van der Waals surface area contributed by atoms with Crippen LogP contribution in [0.2, 0.25) is 0 Å². The van der Waals surface area contributed by atoms with Crippen molar-refractivity contribution in [1.29, 1.82) is 0 Å². The molecule has 2 amide bonds. The van der Waals surface area contributed by atoms with Gasteiger partial charge in [0.2, 0.25) is 5.91 Å². The van der Waals surface area contributed by atoms with Crippen LogP contribution in [0.5, 0.6) is 0 Å². The van der Waals surface area contributed by atoms with Gasteiger partial charge in [0, 0.05) is 33.1 Å². The number of aromatic nitrogens is 3. The molecule has 0 aliphatic carbocycles. The fraction of sp³-hybridized carbons (Fsp3) is 0.412. The topological polar surface area (TPSA) is 89.4 Å². The number of likely N-dealkylation sites (N-methyl/N-ethyl adjacent to an activating group) is 1. The Hall–Kier alpha value is -2.74. The minimum atomic E-state index is -0.975. The second-order valence-corrected chi connectivity index (χ2v) is 5.99. The Kier molecular flexibility index (Phi) is 4.80. The van der Waals surface area contributed by atoms with E-state index in [0.29, 0.717) is 18.5 Å². The van der Waals surface area contributed by atoms with E-state index in [2.05, 4.69) is 15.4 Å². The number of hydrogen-bond donors (Lipinski definition) is 1. The Balaban J connectivity index is 1.89. The summed E-state index contributed by atoms with van der Waals surface area (Å²) < 4.78 is 6.85. The first kappa shape index (κ1) is 17.1. The smallest absolute Gasteiger partial charge is 0.258 e. The first-order valence-electron chi connectivity index (χ1n) is 8.10. The third-order valence-corrected chi connectivity index (χ3v) is 4.51. The zero-order valence-corrected chi connectivity index (χ0v) is 14.3. The van der Waals surface area contributed by atoms with E-state index in [1.807, 2.05) is 6.07 Å². The van der Waals surface area contributed by atoms with Gasteiger partial charge < -0.3 is 15.0 Å². The first-order valence-corrected chi connectivity index (χ1v) is 8.10. The molecular formula is C17H21N5O3. The summed E-state index contributed by atoms with van der Waals surface area (Å²) in [6, 6.07) is 3.65. The summed E-state index contributed by atoms with van der Waals surface area (Å²) in [5.41, 5.74) is 0.212. The summed E-state index contributed by atoms with van der Waals surface area (Å²) in [7, 11) is 3.10. The predicted molar refractivity (Wildman–Crippen MR) is 90.3 cm³/mol.